The number of para-hydroxylation sites is 1. The maximum absolute atomic E-state index is 11.8. The number of rotatable bonds is 10. The normalized spacial score (nSPS) is 14.5. The van der Waals surface area contributed by atoms with E-state index in [0.717, 1.165) is 25.0 Å². The van der Waals surface area contributed by atoms with Crippen molar-refractivity contribution in [2.75, 3.05) is 19.7 Å². The van der Waals surface area contributed by atoms with Crippen molar-refractivity contribution < 1.29 is 14.3 Å². The molecule has 1 saturated carbocycles. The predicted octanol–water partition coefficient (Wildman–Crippen LogP) is 2.98. The zero-order valence-electron chi connectivity index (χ0n) is 15.5. The second-order valence-corrected chi connectivity index (χ2v) is 6.70. The van der Waals surface area contributed by atoms with Crippen molar-refractivity contribution in [1.82, 2.24) is 16.0 Å². The van der Waals surface area contributed by atoms with Crippen LogP contribution in [0.15, 0.2) is 30.3 Å². The summed E-state index contributed by atoms with van der Waals surface area (Å²) in [6.07, 6.45) is 7.64. The Kier molecular flexibility index (Phi) is 9.40. The number of amides is 3. The summed E-state index contributed by atoms with van der Waals surface area (Å²) in [5.41, 5.74) is 0. The first-order valence-corrected chi connectivity index (χ1v) is 9.73. The van der Waals surface area contributed by atoms with Crippen LogP contribution in [0, 0.1) is 0 Å². The van der Waals surface area contributed by atoms with Gasteiger partial charge in [-0.15, -0.1) is 0 Å². The van der Waals surface area contributed by atoms with Crippen LogP contribution in [0.4, 0.5) is 4.79 Å². The minimum atomic E-state index is -0.115. The average molecular weight is 361 g/mol. The van der Waals surface area contributed by atoms with Gasteiger partial charge in [0.05, 0.1) is 6.61 Å². The minimum absolute atomic E-state index is 0.0131. The van der Waals surface area contributed by atoms with E-state index in [4.69, 9.17) is 4.74 Å². The fraction of sp³-hybridized carbons (Fsp3) is 0.600. The molecule has 1 aliphatic rings. The quantitative estimate of drug-likeness (QED) is 0.561. The monoisotopic (exact) mass is 361 g/mol. The van der Waals surface area contributed by atoms with Crippen LogP contribution in [0.2, 0.25) is 0 Å². The second-order valence-electron chi connectivity index (χ2n) is 6.70. The molecule has 0 unspecified atom stereocenters. The van der Waals surface area contributed by atoms with Gasteiger partial charge in [0, 0.05) is 25.6 Å². The Bertz CT molecular complexity index is 530. The van der Waals surface area contributed by atoms with E-state index < -0.39 is 0 Å². The first-order valence-electron chi connectivity index (χ1n) is 9.73. The lowest BCUT2D eigenvalue weighted by Crippen LogP contribution is -2.43. The number of urea groups is 1. The molecule has 0 bridgehead atoms. The zero-order valence-corrected chi connectivity index (χ0v) is 15.5. The molecule has 144 valence electrons. The number of hydrogen-bond acceptors (Lipinski definition) is 3. The molecule has 1 aliphatic carbocycles. The number of carbonyl (C=O) groups excluding carboxylic acids is 2. The molecule has 3 N–H and O–H groups in total. The maximum Gasteiger partial charge on any atom is 0.315 e. The Morgan fingerprint density at radius 3 is 2.46 bits per heavy atom. The Balaban J connectivity index is 1.41. The Labute approximate surface area is 156 Å². The summed E-state index contributed by atoms with van der Waals surface area (Å²) >= 11 is 0. The molecule has 6 heteroatoms. The van der Waals surface area contributed by atoms with Crippen LogP contribution in [0.3, 0.4) is 0 Å². The molecular weight excluding hydrogens is 330 g/mol. The summed E-state index contributed by atoms with van der Waals surface area (Å²) in [6, 6.07) is 9.83. The molecular formula is C20H31N3O3. The summed E-state index contributed by atoms with van der Waals surface area (Å²) < 4.78 is 5.57. The van der Waals surface area contributed by atoms with Crippen LogP contribution in [-0.4, -0.2) is 37.7 Å². The van der Waals surface area contributed by atoms with E-state index in [1.54, 1.807) is 0 Å². The predicted molar refractivity (Wildman–Crippen MR) is 102 cm³/mol. The average Bonchev–Trinajstić information content (AvgIpc) is 2.66. The van der Waals surface area contributed by atoms with Crippen LogP contribution in [0.5, 0.6) is 5.75 Å². The number of ether oxygens (including phenoxy) is 1. The van der Waals surface area contributed by atoms with Gasteiger partial charge < -0.3 is 20.7 Å². The van der Waals surface area contributed by atoms with Crippen molar-refractivity contribution in [3.05, 3.63) is 30.3 Å². The van der Waals surface area contributed by atoms with Crippen LogP contribution >= 0.6 is 0 Å². The lowest BCUT2D eigenvalue weighted by Gasteiger charge is -2.22. The van der Waals surface area contributed by atoms with E-state index in [9.17, 15) is 9.59 Å². The lowest BCUT2D eigenvalue weighted by molar-refractivity contribution is -0.121. The van der Waals surface area contributed by atoms with Gasteiger partial charge in [0.15, 0.2) is 0 Å². The highest BCUT2D eigenvalue weighted by molar-refractivity contribution is 5.76. The van der Waals surface area contributed by atoms with Gasteiger partial charge in [-0.2, -0.15) is 0 Å². The van der Waals surface area contributed by atoms with Gasteiger partial charge in [-0.05, 0) is 37.8 Å². The maximum atomic E-state index is 11.8. The summed E-state index contributed by atoms with van der Waals surface area (Å²) in [5.74, 6) is 0.857. The standard InChI is InChI=1S/C20H31N3O3/c24-19(21-15-8-16-26-18-11-5-2-6-12-18)13-7-14-22-20(25)23-17-9-3-1-4-10-17/h2,5-6,11-12,17H,1,3-4,7-10,13-16H2,(H,21,24)(H2,22,23,25). The van der Waals surface area contributed by atoms with Gasteiger partial charge in [0.25, 0.3) is 0 Å². The van der Waals surface area contributed by atoms with Gasteiger partial charge >= 0.3 is 6.03 Å². The fourth-order valence-corrected chi connectivity index (χ4v) is 3.03. The van der Waals surface area contributed by atoms with Crippen molar-refractivity contribution >= 4 is 11.9 Å². The summed E-state index contributed by atoms with van der Waals surface area (Å²) in [4.78, 5) is 23.5. The van der Waals surface area contributed by atoms with E-state index in [1.807, 2.05) is 30.3 Å². The Morgan fingerprint density at radius 1 is 0.962 bits per heavy atom. The number of carbonyl (C=O) groups is 2. The molecule has 0 aliphatic heterocycles. The first kappa shape index (κ1) is 20.1. The molecule has 0 heterocycles. The van der Waals surface area contributed by atoms with E-state index in [1.165, 1.54) is 19.3 Å². The van der Waals surface area contributed by atoms with Crippen LogP contribution in [0.25, 0.3) is 0 Å². The third-order valence-electron chi connectivity index (χ3n) is 4.46. The Hall–Kier alpha value is -2.24. The fourth-order valence-electron chi connectivity index (χ4n) is 3.03. The molecule has 1 aromatic carbocycles. The largest absolute Gasteiger partial charge is 0.494 e. The summed E-state index contributed by atoms with van der Waals surface area (Å²) in [5, 5.41) is 8.71. The summed E-state index contributed by atoms with van der Waals surface area (Å²) in [7, 11) is 0. The van der Waals surface area contributed by atoms with E-state index in [0.29, 0.717) is 38.6 Å². The van der Waals surface area contributed by atoms with Gasteiger partial charge in [-0.25, -0.2) is 4.79 Å². The van der Waals surface area contributed by atoms with Crippen LogP contribution in [-0.2, 0) is 4.79 Å². The zero-order chi connectivity index (χ0) is 18.5. The Morgan fingerprint density at radius 2 is 1.69 bits per heavy atom. The van der Waals surface area contributed by atoms with E-state index >= 15 is 0 Å². The highest BCUT2D eigenvalue weighted by Crippen LogP contribution is 2.17. The van der Waals surface area contributed by atoms with E-state index in [2.05, 4.69) is 16.0 Å². The van der Waals surface area contributed by atoms with Gasteiger partial charge in [0.2, 0.25) is 5.91 Å². The minimum Gasteiger partial charge on any atom is -0.494 e. The van der Waals surface area contributed by atoms with Crippen LogP contribution in [0.1, 0.15) is 51.4 Å². The molecule has 6 nitrogen and oxygen atoms in total. The molecule has 0 saturated heterocycles. The SMILES string of the molecule is O=C(CCCNC(=O)NC1CCCCC1)NCCCOc1ccccc1. The van der Waals surface area contributed by atoms with Gasteiger partial charge in [0.1, 0.15) is 5.75 Å². The van der Waals surface area contributed by atoms with Crippen molar-refractivity contribution in [3.63, 3.8) is 0 Å². The van der Waals surface area contributed by atoms with Crippen molar-refractivity contribution in [2.24, 2.45) is 0 Å². The number of benzene rings is 1. The van der Waals surface area contributed by atoms with Crippen LogP contribution < -0.4 is 20.7 Å². The van der Waals surface area contributed by atoms with Crippen molar-refractivity contribution in [3.8, 4) is 5.75 Å². The molecule has 3 amide bonds. The van der Waals surface area contributed by atoms with Gasteiger partial charge in [-0.3, -0.25) is 4.79 Å². The van der Waals surface area contributed by atoms with Gasteiger partial charge in [-0.1, -0.05) is 37.5 Å². The molecule has 1 aromatic rings. The smallest absolute Gasteiger partial charge is 0.315 e. The highest BCUT2D eigenvalue weighted by Gasteiger charge is 2.15. The molecule has 1 fully saturated rings. The first-order chi connectivity index (χ1) is 12.7. The highest BCUT2D eigenvalue weighted by atomic mass is 16.5. The molecule has 0 aromatic heterocycles. The van der Waals surface area contributed by atoms with Crippen molar-refractivity contribution in [2.45, 2.75) is 57.4 Å². The van der Waals surface area contributed by atoms with E-state index in [-0.39, 0.29) is 11.9 Å². The third kappa shape index (κ3) is 8.74. The number of nitrogens with one attached hydrogen (secondary N) is 3. The molecule has 0 atom stereocenters. The number of hydrogen-bond donors (Lipinski definition) is 3. The van der Waals surface area contributed by atoms with Crippen molar-refractivity contribution in [1.29, 1.82) is 0 Å². The molecule has 0 spiro atoms. The third-order valence-corrected chi connectivity index (χ3v) is 4.46. The molecule has 2 rings (SSSR count). The topological polar surface area (TPSA) is 79.5 Å². The molecule has 26 heavy (non-hydrogen) atoms. The lowest BCUT2D eigenvalue weighted by atomic mass is 9.96. The second kappa shape index (κ2) is 12.2. The summed E-state index contributed by atoms with van der Waals surface area (Å²) in [6.45, 7) is 1.69. The molecule has 0 radical (unpaired) electrons.